The molecule has 1 heterocycles. The zero-order valence-corrected chi connectivity index (χ0v) is 17.0. The van der Waals surface area contributed by atoms with Crippen molar-refractivity contribution in [2.24, 2.45) is 0 Å². The lowest BCUT2D eigenvalue weighted by Crippen LogP contribution is -2.13. The minimum absolute atomic E-state index is 0.0128. The lowest BCUT2D eigenvalue weighted by molar-refractivity contribution is -0.112. The molecular formula is C26H21N3O2. The third-order valence-electron chi connectivity index (χ3n) is 5.24. The van der Waals surface area contributed by atoms with Gasteiger partial charge in [-0.25, -0.2) is 0 Å². The highest BCUT2D eigenvalue weighted by molar-refractivity contribution is 6.11. The number of phenols is 1. The predicted molar refractivity (Wildman–Crippen MR) is 123 cm³/mol. The van der Waals surface area contributed by atoms with Crippen LogP contribution in [0.1, 0.15) is 16.8 Å². The molecule has 0 radical (unpaired) electrons. The zero-order chi connectivity index (χ0) is 21.8. The maximum absolute atomic E-state index is 12.7. The summed E-state index contributed by atoms with van der Waals surface area (Å²) in [6.07, 6.45) is 1.65. The molecule has 0 fully saturated rings. The molecule has 1 aromatic heterocycles. The summed E-state index contributed by atoms with van der Waals surface area (Å²) in [6, 6.07) is 26.3. The Balaban J connectivity index is 1.73. The van der Waals surface area contributed by atoms with Gasteiger partial charge in [-0.2, -0.15) is 5.26 Å². The first-order valence-electron chi connectivity index (χ1n) is 9.91. The Morgan fingerprint density at radius 1 is 1.03 bits per heavy atom. The van der Waals surface area contributed by atoms with Gasteiger partial charge in [0, 0.05) is 34.4 Å². The number of carbonyl (C=O) groups is 1. The summed E-state index contributed by atoms with van der Waals surface area (Å²) in [4.78, 5) is 12.7. The highest BCUT2D eigenvalue weighted by atomic mass is 16.3. The monoisotopic (exact) mass is 407 g/mol. The topological polar surface area (TPSA) is 78.1 Å². The average Bonchev–Trinajstić information content (AvgIpc) is 3.05. The number of benzene rings is 3. The van der Waals surface area contributed by atoms with E-state index in [0.717, 1.165) is 22.2 Å². The Kier molecular flexibility index (Phi) is 5.55. The number of rotatable bonds is 5. The number of aromatic hydroxyl groups is 1. The first kappa shape index (κ1) is 20.0. The highest BCUT2D eigenvalue weighted by Gasteiger charge is 2.16. The SMILES string of the molecule is Cc1c(/C=C(\C#N)C(=O)Nc2ccc(O)cc2)c2ccccc2n1Cc1ccccc1. The fourth-order valence-electron chi connectivity index (χ4n) is 3.65. The molecule has 0 spiro atoms. The summed E-state index contributed by atoms with van der Waals surface area (Å²) in [5.41, 5.74) is 4.57. The van der Waals surface area contributed by atoms with Crippen LogP contribution >= 0.6 is 0 Å². The normalized spacial score (nSPS) is 11.3. The molecule has 0 saturated carbocycles. The van der Waals surface area contributed by atoms with Crippen LogP contribution in [0.25, 0.3) is 17.0 Å². The number of hydrogen-bond acceptors (Lipinski definition) is 3. The van der Waals surface area contributed by atoms with Crippen molar-refractivity contribution in [1.29, 1.82) is 5.26 Å². The van der Waals surface area contributed by atoms with Crippen molar-refractivity contribution in [1.82, 2.24) is 4.57 Å². The number of phenolic OH excluding ortho intramolecular Hbond substituents is 1. The van der Waals surface area contributed by atoms with Gasteiger partial charge in [0.1, 0.15) is 17.4 Å². The molecule has 0 atom stereocenters. The average molecular weight is 407 g/mol. The first-order chi connectivity index (χ1) is 15.1. The Hall–Kier alpha value is -4.30. The second kappa shape index (κ2) is 8.60. The van der Waals surface area contributed by atoms with Gasteiger partial charge in [0.25, 0.3) is 5.91 Å². The van der Waals surface area contributed by atoms with Gasteiger partial charge in [0.15, 0.2) is 0 Å². The maximum atomic E-state index is 12.7. The lowest BCUT2D eigenvalue weighted by Gasteiger charge is -2.09. The van der Waals surface area contributed by atoms with E-state index in [1.165, 1.54) is 17.7 Å². The van der Waals surface area contributed by atoms with E-state index in [2.05, 4.69) is 22.0 Å². The number of amides is 1. The molecule has 0 aliphatic rings. The minimum atomic E-state index is -0.493. The lowest BCUT2D eigenvalue weighted by atomic mass is 10.1. The van der Waals surface area contributed by atoms with Crippen LogP contribution in [-0.2, 0) is 11.3 Å². The first-order valence-corrected chi connectivity index (χ1v) is 9.91. The predicted octanol–water partition coefficient (Wildman–Crippen LogP) is 5.25. The standard InChI is InChI=1S/C26H21N3O2/c1-18-24(15-20(16-27)26(31)28-21-11-13-22(30)14-12-21)23-9-5-6-10-25(23)29(18)17-19-7-3-2-4-8-19/h2-15,30H,17H2,1H3,(H,28,31)/b20-15+. The molecule has 4 aromatic rings. The summed E-state index contributed by atoms with van der Waals surface area (Å²) >= 11 is 0. The molecule has 1 amide bonds. The van der Waals surface area contributed by atoms with E-state index in [4.69, 9.17) is 0 Å². The third kappa shape index (κ3) is 4.19. The molecule has 4 rings (SSSR count). The summed E-state index contributed by atoms with van der Waals surface area (Å²) in [6.45, 7) is 2.70. The minimum Gasteiger partial charge on any atom is -0.508 e. The second-order valence-electron chi connectivity index (χ2n) is 7.26. The fraction of sp³-hybridized carbons (Fsp3) is 0.0769. The quantitative estimate of drug-likeness (QED) is 0.269. The molecule has 31 heavy (non-hydrogen) atoms. The number of fused-ring (bicyclic) bond motifs is 1. The molecule has 152 valence electrons. The van der Waals surface area contributed by atoms with E-state index >= 15 is 0 Å². The van der Waals surface area contributed by atoms with Gasteiger partial charge in [-0.05, 0) is 48.9 Å². The molecular weight excluding hydrogens is 386 g/mol. The molecule has 5 heteroatoms. The Morgan fingerprint density at radius 3 is 2.42 bits per heavy atom. The smallest absolute Gasteiger partial charge is 0.266 e. The van der Waals surface area contributed by atoms with Gasteiger partial charge in [-0.15, -0.1) is 0 Å². The van der Waals surface area contributed by atoms with Gasteiger partial charge in [0.05, 0.1) is 0 Å². The van der Waals surface area contributed by atoms with Crippen LogP contribution in [0, 0.1) is 18.3 Å². The van der Waals surface area contributed by atoms with Crippen LogP contribution in [0.3, 0.4) is 0 Å². The number of hydrogen-bond donors (Lipinski definition) is 2. The van der Waals surface area contributed by atoms with Crippen molar-refractivity contribution in [2.75, 3.05) is 5.32 Å². The number of aromatic nitrogens is 1. The highest BCUT2D eigenvalue weighted by Crippen LogP contribution is 2.29. The zero-order valence-electron chi connectivity index (χ0n) is 17.0. The van der Waals surface area contributed by atoms with Crippen molar-refractivity contribution in [3.8, 4) is 11.8 Å². The Morgan fingerprint density at radius 2 is 1.71 bits per heavy atom. The summed E-state index contributed by atoms with van der Waals surface area (Å²) in [5.74, 6) is -0.386. The molecule has 0 bridgehead atoms. The van der Waals surface area contributed by atoms with E-state index in [-0.39, 0.29) is 11.3 Å². The summed E-state index contributed by atoms with van der Waals surface area (Å²) < 4.78 is 2.20. The Labute approximate surface area is 180 Å². The second-order valence-corrected chi connectivity index (χ2v) is 7.26. The summed E-state index contributed by atoms with van der Waals surface area (Å²) in [5, 5.41) is 22.8. The van der Waals surface area contributed by atoms with Crippen LogP contribution in [-0.4, -0.2) is 15.6 Å². The molecule has 0 unspecified atom stereocenters. The van der Waals surface area contributed by atoms with Crippen LogP contribution in [0.5, 0.6) is 5.75 Å². The van der Waals surface area contributed by atoms with Crippen molar-refractivity contribution in [2.45, 2.75) is 13.5 Å². The number of nitrogens with zero attached hydrogens (tertiary/aromatic N) is 2. The number of carbonyl (C=O) groups excluding carboxylic acids is 1. The van der Waals surface area contributed by atoms with Crippen LogP contribution in [0.4, 0.5) is 5.69 Å². The molecule has 0 aliphatic heterocycles. The number of para-hydroxylation sites is 1. The number of nitriles is 1. The molecule has 2 N–H and O–H groups in total. The van der Waals surface area contributed by atoms with Crippen LogP contribution in [0.15, 0.2) is 84.4 Å². The van der Waals surface area contributed by atoms with E-state index in [0.29, 0.717) is 12.2 Å². The van der Waals surface area contributed by atoms with Crippen molar-refractivity contribution < 1.29 is 9.90 Å². The number of anilines is 1. The van der Waals surface area contributed by atoms with Gasteiger partial charge in [-0.1, -0.05) is 48.5 Å². The van der Waals surface area contributed by atoms with E-state index in [1.54, 1.807) is 18.2 Å². The molecule has 3 aromatic carbocycles. The van der Waals surface area contributed by atoms with Crippen molar-refractivity contribution in [3.05, 3.63) is 101 Å². The van der Waals surface area contributed by atoms with Gasteiger partial charge < -0.3 is 15.0 Å². The van der Waals surface area contributed by atoms with E-state index in [1.807, 2.05) is 55.5 Å². The van der Waals surface area contributed by atoms with Gasteiger partial charge in [-0.3, -0.25) is 4.79 Å². The van der Waals surface area contributed by atoms with Crippen molar-refractivity contribution >= 4 is 28.6 Å². The molecule has 5 nitrogen and oxygen atoms in total. The van der Waals surface area contributed by atoms with Crippen molar-refractivity contribution in [3.63, 3.8) is 0 Å². The van der Waals surface area contributed by atoms with E-state index in [9.17, 15) is 15.2 Å². The van der Waals surface area contributed by atoms with Gasteiger partial charge >= 0.3 is 0 Å². The van der Waals surface area contributed by atoms with Crippen LogP contribution in [0.2, 0.25) is 0 Å². The van der Waals surface area contributed by atoms with E-state index < -0.39 is 5.91 Å². The molecule has 0 saturated heterocycles. The third-order valence-corrected chi connectivity index (χ3v) is 5.24. The maximum Gasteiger partial charge on any atom is 0.266 e. The fourth-order valence-corrected chi connectivity index (χ4v) is 3.65. The Bertz CT molecular complexity index is 1310. The number of nitrogens with one attached hydrogen (secondary N) is 1. The van der Waals surface area contributed by atoms with Gasteiger partial charge in [0.2, 0.25) is 0 Å². The van der Waals surface area contributed by atoms with Crippen LogP contribution < -0.4 is 5.32 Å². The largest absolute Gasteiger partial charge is 0.508 e. The summed E-state index contributed by atoms with van der Waals surface area (Å²) in [7, 11) is 0. The molecule has 0 aliphatic carbocycles.